The number of carbonyl (C=O) groups excluding carboxylic acids is 1. The smallest absolute Gasteiger partial charge is 0.265 e. The minimum Gasteiger partial charge on any atom is -0.396 e. The number of nitrogens with zero attached hydrogens (tertiary/aromatic N) is 2. The molecule has 1 aliphatic carbocycles. The van der Waals surface area contributed by atoms with Crippen molar-refractivity contribution >= 4 is 17.2 Å². The fraction of sp³-hybridized carbons (Fsp3) is 0.500. The number of hydrogen-bond acceptors (Lipinski definition) is 5. The molecule has 5 nitrogen and oxygen atoms in total. The maximum Gasteiger partial charge on any atom is 0.265 e. The van der Waals surface area contributed by atoms with E-state index < -0.39 is 0 Å². The molecule has 2 fully saturated rings. The summed E-state index contributed by atoms with van der Waals surface area (Å²) in [7, 11) is 0. The van der Waals surface area contributed by atoms with Gasteiger partial charge in [-0.05, 0) is 31.2 Å². The molecule has 0 spiro atoms. The number of benzene rings is 1. The molecule has 1 amide bonds. The van der Waals surface area contributed by atoms with Gasteiger partial charge >= 0.3 is 0 Å². The molecule has 1 saturated heterocycles. The average Bonchev–Trinajstić information content (AvgIpc) is 3.07. The first-order valence-electron chi connectivity index (χ1n) is 9.20. The number of carbonyl (C=O) groups is 1. The minimum atomic E-state index is -0.119. The maximum atomic E-state index is 13.2. The number of rotatable bonds is 7. The van der Waals surface area contributed by atoms with Gasteiger partial charge in [-0.25, -0.2) is 4.98 Å². The maximum absolute atomic E-state index is 13.2. The van der Waals surface area contributed by atoms with E-state index in [0.717, 1.165) is 42.9 Å². The van der Waals surface area contributed by atoms with Gasteiger partial charge in [0.2, 0.25) is 0 Å². The van der Waals surface area contributed by atoms with Crippen LogP contribution in [0.3, 0.4) is 0 Å². The van der Waals surface area contributed by atoms with Crippen LogP contribution in [0.25, 0.3) is 0 Å². The number of aliphatic hydroxyl groups excluding tert-OH is 1. The Bertz CT molecular complexity index is 751. The van der Waals surface area contributed by atoms with Gasteiger partial charge in [-0.2, -0.15) is 0 Å². The van der Waals surface area contributed by atoms with Crippen molar-refractivity contribution in [3.63, 3.8) is 0 Å². The van der Waals surface area contributed by atoms with Crippen molar-refractivity contribution in [3.05, 3.63) is 52.0 Å². The van der Waals surface area contributed by atoms with Crippen molar-refractivity contribution in [1.82, 2.24) is 9.88 Å². The number of hydrogen-bond donors (Lipinski definition) is 1. The number of ether oxygens (including phenoxy) is 1. The highest BCUT2D eigenvalue weighted by Crippen LogP contribution is 2.46. The molecule has 1 saturated carbocycles. The van der Waals surface area contributed by atoms with E-state index in [1.54, 1.807) is 6.20 Å². The number of thiazole rings is 1. The van der Waals surface area contributed by atoms with Crippen molar-refractivity contribution in [2.24, 2.45) is 5.41 Å². The van der Waals surface area contributed by atoms with Gasteiger partial charge in [0.05, 0.1) is 12.8 Å². The summed E-state index contributed by atoms with van der Waals surface area (Å²) in [6.07, 6.45) is 5.70. The summed E-state index contributed by atoms with van der Waals surface area (Å²) < 4.78 is 5.69. The largest absolute Gasteiger partial charge is 0.396 e. The fourth-order valence-corrected chi connectivity index (χ4v) is 4.38. The van der Waals surface area contributed by atoms with Gasteiger partial charge in [-0.15, -0.1) is 11.3 Å². The van der Waals surface area contributed by atoms with Gasteiger partial charge in [-0.1, -0.05) is 30.3 Å². The highest BCUT2D eigenvalue weighted by molar-refractivity contribution is 7.13. The van der Waals surface area contributed by atoms with Crippen LogP contribution in [0.5, 0.6) is 0 Å². The first kappa shape index (κ1) is 17.6. The molecule has 1 aromatic heterocycles. The first-order chi connectivity index (χ1) is 12.7. The first-order valence-corrected chi connectivity index (χ1v) is 10.0. The summed E-state index contributed by atoms with van der Waals surface area (Å²) in [5.74, 6) is -0.00433. The lowest BCUT2D eigenvalue weighted by Crippen LogP contribution is -2.36. The van der Waals surface area contributed by atoms with Gasteiger partial charge < -0.3 is 14.7 Å². The van der Waals surface area contributed by atoms with Gasteiger partial charge in [0.15, 0.2) is 0 Å². The second kappa shape index (κ2) is 7.47. The molecule has 1 unspecified atom stereocenters. The molecule has 6 heteroatoms. The van der Waals surface area contributed by atoms with Crippen LogP contribution in [-0.2, 0) is 11.3 Å². The molecule has 1 aliphatic heterocycles. The SMILES string of the molecule is O=C(c1cnc(C2CCCO2)s1)N(Cc1ccccc1)CC1(CO)CC1. The topological polar surface area (TPSA) is 62.7 Å². The Kier molecular flexibility index (Phi) is 5.07. The number of aliphatic hydroxyl groups is 1. The quantitative estimate of drug-likeness (QED) is 0.809. The Morgan fingerprint density at radius 1 is 1.35 bits per heavy atom. The van der Waals surface area contributed by atoms with Crippen LogP contribution in [-0.4, -0.2) is 40.7 Å². The summed E-state index contributed by atoms with van der Waals surface area (Å²) in [6.45, 7) is 2.04. The zero-order valence-corrected chi connectivity index (χ0v) is 15.6. The fourth-order valence-electron chi connectivity index (χ4n) is 3.41. The number of amides is 1. The zero-order valence-electron chi connectivity index (χ0n) is 14.8. The molecule has 1 aromatic carbocycles. The van der Waals surface area contributed by atoms with Gasteiger partial charge in [0, 0.05) is 25.1 Å². The molecule has 138 valence electrons. The van der Waals surface area contributed by atoms with E-state index in [9.17, 15) is 9.90 Å². The molecule has 0 radical (unpaired) electrons. The third-order valence-electron chi connectivity index (χ3n) is 5.26. The van der Waals surface area contributed by atoms with E-state index >= 15 is 0 Å². The minimum absolute atomic E-state index is 0.00433. The molecule has 2 aliphatic rings. The Morgan fingerprint density at radius 2 is 2.15 bits per heavy atom. The Hall–Kier alpha value is -1.76. The van der Waals surface area contributed by atoms with Crippen LogP contribution in [0.1, 0.15) is 52.0 Å². The molecule has 0 bridgehead atoms. The Balaban J connectivity index is 1.53. The van der Waals surface area contributed by atoms with E-state index in [1.165, 1.54) is 11.3 Å². The van der Waals surface area contributed by atoms with Gasteiger partial charge in [0.1, 0.15) is 16.0 Å². The Labute approximate surface area is 157 Å². The van der Waals surface area contributed by atoms with Gasteiger partial charge in [-0.3, -0.25) is 4.79 Å². The predicted molar refractivity (Wildman–Crippen MR) is 100.0 cm³/mol. The molecule has 1 N–H and O–H groups in total. The van der Waals surface area contributed by atoms with Crippen molar-refractivity contribution in [2.45, 2.75) is 38.3 Å². The van der Waals surface area contributed by atoms with E-state index in [2.05, 4.69) is 4.98 Å². The molecule has 26 heavy (non-hydrogen) atoms. The summed E-state index contributed by atoms with van der Waals surface area (Å²) >= 11 is 1.44. The lowest BCUT2D eigenvalue weighted by atomic mass is 10.1. The second-order valence-corrected chi connectivity index (χ2v) is 8.43. The monoisotopic (exact) mass is 372 g/mol. The van der Waals surface area contributed by atoms with Crippen molar-refractivity contribution in [1.29, 1.82) is 0 Å². The Morgan fingerprint density at radius 3 is 2.81 bits per heavy atom. The highest BCUT2D eigenvalue weighted by atomic mass is 32.1. The second-order valence-electron chi connectivity index (χ2n) is 7.37. The van der Waals surface area contributed by atoms with E-state index in [1.807, 2.05) is 35.2 Å². The highest BCUT2D eigenvalue weighted by Gasteiger charge is 2.44. The summed E-state index contributed by atoms with van der Waals surface area (Å²) in [5.41, 5.74) is 0.977. The molecule has 4 rings (SSSR count). The lowest BCUT2D eigenvalue weighted by molar-refractivity contribution is 0.0670. The normalized spacial score (nSPS) is 20.9. The van der Waals surface area contributed by atoms with Crippen molar-refractivity contribution in [3.8, 4) is 0 Å². The van der Waals surface area contributed by atoms with Crippen LogP contribution in [0, 0.1) is 5.41 Å². The molecular weight excluding hydrogens is 348 g/mol. The summed E-state index contributed by atoms with van der Waals surface area (Å²) in [4.78, 5) is 20.1. The zero-order chi connectivity index (χ0) is 18.0. The van der Waals surface area contributed by atoms with E-state index in [-0.39, 0.29) is 24.0 Å². The van der Waals surface area contributed by atoms with Gasteiger partial charge in [0.25, 0.3) is 5.91 Å². The van der Waals surface area contributed by atoms with Crippen LogP contribution >= 0.6 is 11.3 Å². The predicted octanol–water partition coefficient (Wildman–Crippen LogP) is 3.41. The third-order valence-corrected chi connectivity index (χ3v) is 6.34. The van der Waals surface area contributed by atoms with Crippen LogP contribution in [0.15, 0.2) is 36.5 Å². The molecule has 1 atom stereocenters. The third kappa shape index (κ3) is 3.82. The lowest BCUT2D eigenvalue weighted by Gasteiger charge is -2.26. The molecule has 2 aromatic rings. The number of aromatic nitrogens is 1. The molecule has 2 heterocycles. The van der Waals surface area contributed by atoms with E-state index in [4.69, 9.17) is 4.74 Å². The molecular formula is C20H24N2O3S. The average molecular weight is 372 g/mol. The van der Waals surface area contributed by atoms with Crippen LogP contribution in [0.2, 0.25) is 0 Å². The van der Waals surface area contributed by atoms with Crippen molar-refractivity contribution in [2.75, 3.05) is 19.8 Å². The standard InChI is InChI=1S/C20H24N2O3S/c23-14-20(8-9-20)13-22(12-15-5-2-1-3-6-15)19(24)17-11-21-18(26-17)16-7-4-10-25-16/h1-3,5-6,11,16,23H,4,7-10,12-14H2. The van der Waals surface area contributed by atoms with Crippen molar-refractivity contribution < 1.29 is 14.6 Å². The van der Waals surface area contributed by atoms with E-state index in [0.29, 0.717) is 18.0 Å². The van der Waals surface area contributed by atoms with Crippen LogP contribution < -0.4 is 0 Å². The summed E-state index contributed by atoms with van der Waals surface area (Å²) in [5, 5.41) is 10.6. The van der Waals surface area contributed by atoms with Crippen LogP contribution in [0.4, 0.5) is 0 Å². The summed E-state index contributed by atoms with van der Waals surface area (Å²) in [6, 6.07) is 10.0.